The molecule has 0 aliphatic rings. The topological polar surface area (TPSA) is 74.2 Å². The summed E-state index contributed by atoms with van der Waals surface area (Å²) in [5.41, 5.74) is 0.155. The van der Waals surface area contributed by atoms with E-state index < -0.39 is 5.91 Å². The highest BCUT2D eigenvalue weighted by Gasteiger charge is 2.16. The van der Waals surface area contributed by atoms with Gasteiger partial charge in [0.15, 0.2) is 11.5 Å². The number of carbonyl (C=O) groups excluding carboxylic acids is 2. The molecule has 0 bridgehead atoms. The van der Waals surface area contributed by atoms with Crippen molar-refractivity contribution in [3.8, 4) is 17.2 Å². The summed E-state index contributed by atoms with van der Waals surface area (Å²) in [7, 11) is 4.30. The molecule has 0 fully saturated rings. The second-order valence-electron chi connectivity index (χ2n) is 2.92. The van der Waals surface area contributed by atoms with E-state index in [1.165, 1.54) is 39.5 Å². The Hall–Kier alpha value is -2.33. The van der Waals surface area contributed by atoms with E-state index in [1.807, 2.05) is 0 Å². The Kier molecular flexibility index (Phi) is 4.25. The monoisotopic (exact) mass is 237 g/mol. The molecule has 1 amide bonds. The molecule has 1 aromatic carbocycles. The zero-order valence-corrected chi connectivity index (χ0v) is 9.64. The Bertz CT molecular complexity index is 452. The molecule has 0 radical (unpaired) electrons. The average Bonchev–Trinajstić information content (AvgIpc) is 2.37. The van der Waals surface area contributed by atoms with Gasteiger partial charge < -0.3 is 14.2 Å². The molecule has 0 saturated heterocycles. The Balaban J connectivity index is 3.36. The fourth-order valence-electron chi connectivity index (χ4n) is 1.31. The van der Waals surface area contributed by atoms with E-state index in [2.05, 4.69) is 4.99 Å². The van der Waals surface area contributed by atoms with Gasteiger partial charge in [0.2, 0.25) is 11.8 Å². The van der Waals surface area contributed by atoms with E-state index in [1.54, 1.807) is 0 Å². The zero-order chi connectivity index (χ0) is 12.8. The first-order valence-electron chi connectivity index (χ1n) is 4.60. The van der Waals surface area contributed by atoms with Crippen LogP contribution in [0.4, 0.5) is 0 Å². The number of methoxy groups -OCH3 is 3. The molecule has 0 N–H and O–H groups in total. The quantitative estimate of drug-likeness (QED) is 0.580. The number of amides is 1. The minimum atomic E-state index is -0.723. The number of rotatable bonds is 4. The van der Waals surface area contributed by atoms with Gasteiger partial charge in [-0.05, 0) is 12.1 Å². The van der Waals surface area contributed by atoms with E-state index in [0.29, 0.717) is 17.2 Å². The number of aliphatic imine (C=N–C) groups is 1. The van der Waals surface area contributed by atoms with Gasteiger partial charge in [0.1, 0.15) is 0 Å². The maximum absolute atomic E-state index is 11.4. The van der Waals surface area contributed by atoms with Gasteiger partial charge in [0.25, 0.3) is 5.91 Å². The standard InChI is InChI=1S/C11H11NO5/c1-15-8-4-7(11(14)12-6-13)5-9(16-2)10(8)17-3/h4-5H,1-3H3. The van der Waals surface area contributed by atoms with Gasteiger partial charge in [-0.1, -0.05) is 0 Å². The lowest BCUT2D eigenvalue weighted by molar-refractivity contribution is 0.100. The summed E-state index contributed by atoms with van der Waals surface area (Å²) in [5, 5.41) is 0. The molecule has 1 rings (SSSR count). The lowest BCUT2D eigenvalue weighted by atomic mass is 10.1. The summed E-state index contributed by atoms with van der Waals surface area (Å²) >= 11 is 0. The van der Waals surface area contributed by atoms with E-state index in [9.17, 15) is 9.59 Å². The van der Waals surface area contributed by atoms with Crippen molar-refractivity contribution in [3.05, 3.63) is 17.7 Å². The van der Waals surface area contributed by atoms with Crippen LogP contribution in [-0.4, -0.2) is 33.3 Å². The van der Waals surface area contributed by atoms with Crippen LogP contribution in [0, 0.1) is 0 Å². The molecular formula is C11H11NO5. The smallest absolute Gasteiger partial charge is 0.288 e. The Morgan fingerprint density at radius 1 is 1.12 bits per heavy atom. The molecule has 17 heavy (non-hydrogen) atoms. The highest BCUT2D eigenvalue weighted by molar-refractivity contribution is 5.98. The summed E-state index contributed by atoms with van der Waals surface area (Å²) in [6.07, 6.45) is 1.18. The van der Waals surface area contributed by atoms with Crippen LogP contribution < -0.4 is 14.2 Å². The maximum Gasteiger partial charge on any atom is 0.288 e. The van der Waals surface area contributed by atoms with Gasteiger partial charge in [0, 0.05) is 0 Å². The number of benzene rings is 1. The summed E-state index contributed by atoms with van der Waals surface area (Å²) in [6.45, 7) is 0. The Morgan fingerprint density at radius 2 is 1.65 bits per heavy atom. The van der Waals surface area contributed by atoms with Crippen LogP contribution in [0.25, 0.3) is 0 Å². The second kappa shape index (κ2) is 5.67. The van der Waals surface area contributed by atoms with Gasteiger partial charge in [-0.2, -0.15) is 0 Å². The Labute approximate surface area is 97.8 Å². The average molecular weight is 237 g/mol. The molecule has 6 nitrogen and oxygen atoms in total. The molecule has 0 heterocycles. The second-order valence-corrected chi connectivity index (χ2v) is 2.92. The van der Waals surface area contributed by atoms with Gasteiger partial charge in [-0.15, -0.1) is 4.99 Å². The van der Waals surface area contributed by atoms with E-state index in [-0.39, 0.29) is 5.56 Å². The van der Waals surface area contributed by atoms with Crippen molar-refractivity contribution in [1.82, 2.24) is 0 Å². The minimum absolute atomic E-state index is 0.155. The zero-order valence-electron chi connectivity index (χ0n) is 9.64. The molecule has 0 spiro atoms. The molecule has 1 aromatic rings. The first kappa shape index (κ1) is 12.7. The molecule has 90 valence electrons. The van der Waals surface area contributed by atoms with Gasteiger partial charge in [-0.25, -0.2) is 4.79 Å². The first-order valence-corrected chi connectivity index (χ1v) is 4.60. The van der Waals surface area contributed by atoms with Gasteiger partial charge in [0.05, 0.1) is 26.9 Å². The summed E-state index contributed by atoms with van der Waals surface area (Å²) in [6, 6.07) is 2.81. The van der Waals surface area contributed by atoms with Crippen LogP contribution >= 0.6 is 0 Å². The van der Waals surface area contributed by atoms with Gasteiger partial charge in [-0.3, -0.25) is 4.79 Å². The number of ether oxygens (including phenoxy) is 3. The lowest BCUT2D eigenvalue weighted by Gasteiger charge is -2.12. The van der Waals surface area contributed by atoms with E-state index >= 15 is 0 Å². The normalized spacial score (nSPS) is 9.12. The van der Waals surface area contributed by atoms with Crippen LogP contribution in [0.15, 0.2) is 17.1 Å². The van der Waals surface area contributed by atoms with Crippen LogP contribution in [0.2, 0.25) is 0 Å². The largest absolute Gasteiger partial charge is 0.493 e. The number of carbonyl (C=O) groups is 1. The molecule has 0 saturated carbocycles. The predicted molar refractivity (Wildman–Crippen MR) is 58.6 cm³/mol. The van der Waals surface area contributed by atoms with Crippen LogP contribution in [0.3, 0.4) is 0 Å². The number of hydrogen-bond acceptors (Lipinski definition) is 5. The summed E-state index contributed by atoms with van der Waals surface area (Å²) < 4.78 is 15.2. The summed E-state index contributed by atoms with van der Waals surface area (Å²) in [5.74, 6) is 0.272. The van der Waals surface area contributed by atoms with Gasteiger partial charge >= 0.3 is 0 Å². The first-order chi connectivity index (χ1) is 8.17. The molecule has 0 aliphatic heterocycles. The highest BCUT2D eigenvalue weighted by Crippen LogP contribution is 2.38. The fraction of sp³-hybridized carbons (Fsp3) is 0.273. The van der Waals surface area contributed by atoms with Crippen molar-refractivity contribution in [2.45, 2.75) is 0 Å². The minimum Gasteiger partial charge on any atom is -0.493 e. The van der Waals surface area contributed by atoms with Crippen molar-refractivity contribution in [3.63, 3.8) is 0 Å². The summed E-state index contributed by atoms with van der Waals surface area (Å²) in [4.78, 5) is 24.4. The molecule has 0 unspecified atom stereocenters. The van der Waals surface area contributed by atoms with Crippen LogP contribution in [0.5, 0.6) is 17.2 Å². The van der Waals surface area contributed by atoms with Crippen molar-refractivity contribution in [1.29, 1.82) is 0 Å². The molecule has 0 aromatic heterocycles. The van der Waals surface area contributed by atoms with Crippen LogP contribution in [0.1, 0.15) is 10.4 Å². The molecule has 6 heteroatoms. The SMILES string of the molecule is COc1cc(C(=O)N=C=O)cc(OC)c1OC. The van der Waals surface area contributed by atoms with Crippen molar-refractivity contribution in [2.24, 2.45) is 4.99 Å². The third-order valence-electron chi connectivity index (χ3n) is 2.06. The number of isocyanates is 1. The Morgan fingerprint density at radius 3 is 2.00 bits per heavy atom. The van der Waals surface area contributed by atoms with Crippen molar-refractivity contribution in [2.75, 3.05) is 21.3 Å². The predicted octanol–water partition coefficient (Wildman–Crippen LogP) is 1.19. The van der Waals surface area contributed by atoms with E-state index in [4.69, 9.17) is 14.2 Å². The number of nitrogens with zero attached hydrogens (tertiary/aromatic N) is 1. The maximum atomic E-state index is 11.4. The van der Waals surface area contributed by atoms with Crippen molar-refractivity contribution < 1.29 is 23.8 Å². The number of hydrogen-bond donors (Lipinski definition) is 0. The van der Waals surface area contributed by atoms with Crippen molar-refractivity contribution >= 4 is 12.0 Å². The molecule has 0 aliphatic carbocycles. The lowest BCUT2D eigenvalue weighted by Crippen LogP contribution is -2.00. The third kappa shape index (κ3) is 2.62. The molecular weight excluding hydrogens is 226 g/mol. The van der Waals surface area contributed by atoms with Crippen LogP contribution in [-0.2, 0) is 4.79 Å². The highest BCUT2D eigenvalue weighted by atomic mass is 16.5. The molecule has 0 atom stereocenters. The van der Waals surface area contributed by atoms with E-state index in [0.717, 1.165) is 0 Å². The third-order valence-corrected chi connectivity index (χ3v) is 2.06. The fourth-order valence-corrected chi connectivity index (χ4v) is 1.31.